The van der Waals surface area contributed by atoms with E-state index in [-0.39, 0.29) is 11.9 Å². The van der Waals surface area contributed by atoms with Crippen molar-refractivity contribution in [1.29, 1.82) is 0 Å². The van der Waals surface area contributed by atoms with Crippen LogP contribution in [0.15, 0.2) is 48.9 Å². The van der Waals surface area contributed by atoms with Gasteiger partial charge in [0.25, 0.3) is 0 Å². The third-order valence-electron chi connectivity index (χ3n) is 4.92. The minimum Gasteiger partial charge on any atom is -0.361 e. The lowest BCUT2D eigenvalue weighted by molar-refractivity contribution is -0.121. The molecule has 2 aromatic heterocycles. The Hall–Kier alpha value is -2.89. The number of carbonyl (C=O) groups excluding carboxylic acids is 1. The van der Waals surface area contributed by atoms with Gasteiger partial charge in [-0.15, -0.1) is 0 Å². The Kier molecular flexibility index (Phi) is 4.82. The molecule has 1 aliphatic heterocycles. The van der Waals surface area contributed by atoms with Crippen LogP contribution in [0.1, 0.15) is 24.8 Å². The zero-order chi connectivity index (χ0) is 17.8. The number of para-hydroxylation sites is 1. The second-order valence-electron chi connectivity index (χ2n) is 6.76. The summed E-state index contributed by atoms with van der Waals surface area (Å²) in [6.45, 7) is 1.70. The third-order valence-corrected chi connectivity index (χ3v) is 4.92. The Morgan fingerprint density at radius 1 is 1.23 bits per heavy atom. The first-order valence-electron chi connectivity index (χ1n) is 9.16. The second-order valence-corrected chi connectivity index (χ2v) is 6.76. The van der Waals surface area contributed by atoms with Gasteiger partial charge in [0, 0.05) is 55.0 Å². The van der Waals surface area contributed by atoms with E-state index in [4.69, 9.17) is 0 Å². The van der Waals surface area contributed by atoms with E-state index < -0.39 is 0 Å². The van der Waals surface area contributed by atoms with Crippen LogP contribution in [0.5, 0.6) is 0 Å². The zero-order valence-electron chi connectivity index (χ0n) is 14.7. The predicted molar refractivity (Wildman–Crippen MR) is 102 cm³/mol. The number of aryl methyl sites for hydroxylation is 1. The van der Waals surface area contributed by atoms with Gasteiger partial charge < -0.3 is 15.2 Å². The molecule has 0 unspecified atom stereocenters. The third kappa shape index (κ3) is 3.69. The van der Waals surface area contributed by atoms with Gasteiger partial charge in [0.15, 0.2) is 0 Å². The lowest BCUT2D eigenvalue weighted by Gasteiger charge is -2.33. The van der Waals surface area contributed by atoms with Crippen molar-refractivity contribution in [3.8, 4) is 0 Å². The van der Waals surface area contributed by atoms with Gasteiger partial charge in [-0.25, -0.2) is 9.97 Å². The summed E-state index contributed by atoms with van der Waals surface area (Å²) in [4.78, 5) is 26.5. The summed E-state index contributed by atoms with van der Waals surface area (Å²) in [7, 11) is 0. The first-order valence-corrected chi connectivity index (χ1v) is 9.16. The molecule has 2 N–H and O–H groups in total. The number of hydrogen-bond donors (Lipinski definition) is 2. The number of benzene rings is 1. The molecule has 1 amide bonds. The standard InChI is InChI=1S/C20H23N5O/c26-19(9-8-15-13-23-18-7-2-1-6-17(15)18)24-16-5-3-12-25(14-16)20-21-10-4-11-22-20/h1-2,4,6-7,10-11,13,16,23H,3,5,8-9,12,14H2,(H,24,26)/t16-/m0/s1. The molecule has 1 atom stereocenters. The number of aromatic amines is 1. The molecule has 6 heteroatoms. The van der Waals surface area contributed by atoms with Crippen LogP contribution >= 0.6 is 0 Å². The van der Waals surface area contributed by atoms with E-state index in [1.54, 1.807) is 12.4 Å². The average Bonchev–Trinajstić information content (AvgIpc) is 3.10. The van der Waals surface area contributed by atoms with Gasteiger partial charge >= 0.3 is 0 Å². The van der Waals surface area contributed by atoms with Gasteiger partial charge in [0.2, 0.25) is 11.9 Å². The second kappa shape index (κ2) is 7.56. The number of nitrogens with one attached hydrogen (secondary N) is 2. The number of rotatable bonds is 5. The Balaban J connectivity index is 1.32. The first-order chi connectivity index (χ1) is 12.8. The molecule has 0 aliphatic carbocycles. The molecule has 4 rings (SSSR count). The molecular formula is C20H23N5O. The highest BCUT2D eigenvalue weighted by Gasteiger charge is 2.22. The summed E-state index contributed by atoms with van der Waals surface area (Å²) in [5.41, 5.74) is 2.31. The topological polar surface area (TPSA) is 73.9 Å². The molecule has 1 saturated heterocycles. The van der Waals surface area contributed by atoms with Crippen LogP contribution in [0.25, 0.3) is 10.9 Å². The highest BCUT2D eigenvalue weighted by molar-refractivity contribution is 5.84. The SMILES string of the molecule is O=C(CCc1c[nH]c2ccccc12)N[C@H]1CCCN(c2ncccn2)C1. The minimum atomic E-state index is 0.108. The van der Waals surface area contributed by atoms with Gasteiger partial charge in [-0.3, -0.25) is 4.79 Å². The van der Waals surface area contributed by atoms with Crippen molar-refractivity contribution < 1.29 is 4.79 Å². The molecule has 3 heterocycles. The lowest BCUT2D eigenvalue weighted by atomic mass is 10.0. The van der Waals surface area contributed by atoms with E-state index >= 15 is 0 Å². The van der Waals surface area contributed by atoms with Crippen molar-refractivity contribution in [3.05, 3.63) is 54.5 Å². The van der Waals surface area contributed by atoms with E-state index in [1.807, 2.05) is 24.4 Å². The number of H-pyrrole nitrogens is 1. The van der Waals surface area contributed by atoms with Crippen LogP contribution in [-0.4, -0.2) is 40.0 Å². The monoisotopic (exact) mass is 349 g/mol. The van der Waals surface area contributed by atoms with Gasteiger partial charge in [-0.2, -0.15) is 0 Å². The summed E-state index contributed by atoms with van der Waals surface area (Å²) in [5.74, 6) is 0.848. The fourth-order valence-electron chi connectivity index (χ4n) is 3.62. The van der Waals surface area contributed by atoms with Gasteiger partial charge in [0.1, 0.15) is 0 Å². The maximum Gasteiger partial charge on any atom is 0.225 e. The first kappa shape index (κ1) is 16.6. The number of nitrogens with zero attached hydrogens (tertiary/aromatic N) is 3. The summed E-state index contributed by atoms with van der Waals surface area (Å²) in [6.07, 6.45) is 8.80. The zero-order valence-corrected chi connectivity index (χ0v) is 14.7. The molecule has 26 heavy (non-hydrogen) atoms. The van der Waals surface area contributed by atoms with Crippen LogP contribution in [0.3, 0.4) is 0 Å². The molecule has 0 bridgehead atoms. The number of fused-ring (bicyclic) bond motifs is 1. The minimum absolute atomic E-state index is 0.108. The summed E-state index contributed by atoms with van der Waals surface area (Å²) in [6, 6.07) is 10.2. The summed E-state index contributed by atoms with van der Waals surface area (Å²) < 4.78 is 0. The Labute approximate surface area is 152 Å². The number of piperidine rings is 1. The molecular weight excluding hydrogens is 326 g/mol. The molecule has 1 aliphatic rings. The van der Waals surface area contributed by atoms with Crippen LogP contribution in [0.2, 0.25) is 0 Å². The van der Waals surface area contributed by atoms with Gasteiger partial charge in [-0.05, 0) is 37.0 Å². The normalized spacial score (nSPS) is 17.4. The molecule has 0 radical (unpaired) electrons. The van der Waals surface area contributed by atoms with Gasteiger partial charge in [0.05, 0.1) is 0 Å². The molecule has 134 valence electrons. The number of hydrogen-bond acceptors (Lipinski definition) is 4. The number of aromatic nitrogens is 3. The maximum atomic E-state index is 12.4. The average molecular weight is 349 g/mol. The van der Waals surface area contributed by atoms with Crippen molar-refractivity contribution >= 4 is 22.8 Å². The van der Waals surface area contributed by atoms with Crippen LogP contribution in [0.4, 0.5) is 5.95 Å². The van der Waals surface area contributed by atoms with Crippen molar-refractivity contribution in [2.75, 3.05) is 18.0 Å². The Morgan fingerprint density at radius 2 is 2.08 bits per heavy atom. The van der Waals surface area contributed by atoms with Crippen LogP contribution < -0.4 is 10.2 Å². The van der Waals surface area contributed by atoms with E-state index in [9.17, 15) is 4.79 Å². The molecule has 0 saturated carbocycles. The molecule has 1 aromatic carbocycles. The van der Waals surface area contributed by atoms with E-state index in [1.165, 1.54) is 10.9 Å². The van der Waals surface area contributed by atoms with Gasteiger partial charge in [-0.1, -0.05) is 18.2 Å². The summed E-state index contributed by atoms with van der Waals surface area (Å²) >= 11 is 0. The van der Waals surface area contributed by atoms with E-state index in [0.29, 0.717) is 6.42 Å². The predicted octanol–water partition coefficient (Wildman–Crippen LogP) is 2.68. The lowest BCUT2D eigenvalue weighted by Crippen LogP contribution is -2.48. The number of amides is 1. The van der Waals surface area contributed by atoms with Crippen molar-refractivity contribution in [2.45, 2.75) is 31.7 Å². The van der Waals surface area contributed by atoms with Crippen molar-refractivity contribution in [3.63, 3.8) is 0 Å². The quantitative estimate of drug-likeness (QED) is 0.743. The molecule has 6 nitrogen and oxygen atoms in total. The Bertz CT molecular complexity index is 876. The Morgan fingerprint density at radius 3 is 2.96 bits per heavy atom. The van der Waals surface area contributed by atoms with Crippen LogP contribution in [-0.2, 0) is 11.2 Å². The fourth-order valence-corrected chi connectivity index (χ4v) is 3.62. The van der Waals surface area contributed by atoms with E-state index in [0.717, 1.165) is 43.8 Å². The molecule has 1 fully saturated rings. The highest BCUT2D eigenvalue weighted by Crippen LogP contribution is 2.19. The summed E-state index contributed by atoms with van der Waals surface area (Å²) in [5, 5.41) is 4.38. The van der Waals surface area contributed by atoms with E-state index in [2.05, 4.69) is 37.3 Å². The fraction of sp³-hybridized carbons (Fsp3) is 0.350. The van der Waals surface area contributed by atoms with Crippen molar-refractivity contribution in [2.24, 2.45) is 0 Å². The van der Waals surface area contributed by atoms with Crippen LogP contribution in [0, 0.1) is 0 Å². The van der Waals surface area contributed by atoms with Crippen molar-refractivity contribution in [1.82, 2.24) is 20.3 Å². The highest BCUT2D eigenvalue weighted by atomic mass is 16.1. The largest absolute Gasteiger partial charge is 0.361 e. The number of carbonyl (C=O) groups is 1. The molecule has 3 aromatic rings. The molecule has 0 spiro atoms. The number of anilines is 1. The maximum absolute atomic E-state index is 12.4. The smallest absolute Gasteiger partial charge is 0.225 e.